The summed E-state index contributed by atoms with van der Waals surface area (Å²) < 4.78 is 0. The van der Waals surface area contributed by atoms with Gasteiger partial charge in [0.25, 0.3) is 0 Å². The molecule has 3 rings (SSSR count). The second kappa shape index (κ2) is 6.99. The molecule has 1 heterocycles. The Morgan fingerprint density at radius 1 is 1.09 bits per heavy atom. The van der Waals surface area contributed by atoms with Gasteiger partial charge in [0.05, 0.1) is 0 Å². The molecule has 1 amide bonds. The van der Waals surface area contributed by atoms with Crippen LogP contribution in [-0.2, 0) is 4.79 Å². The summed E-state index contributed by atoms with van der Waals surface area (Å²) in [6, 6.07) is 6.42. The van der Waals surface area contributed by atoms with E-state index in [2.05, 4.69) is 12.2 Å². The van der Waals surface area contributed by atoms with Crippen LogP contribution in [0.15, 0.2) is 36.4 Å². The number of ketones is 1. The zero-order valence-corrected chi connectivity index (χ0v) is 13.3. The van der Waals surface area contributed by atoms with Gasteiger partial charge in [-0.15, -0.1) is 0 Å². The zero-order valence-electron chi connectivity index (χ0n) is 13.3. The molecule has 0 aromatic heterocycles. The molecule has 1 aromatic rings. The van der Waals surface area contributed by atoms with E-state index in [0.29, 0.717) is 31.0 Å². The number of nitrogens with zero attached hydrogens (tertiary/aromatic N) is 1. The third-order valence-corrected chi connectivity index (χ3v) is 4.92. The molecule has 0 radical (unpaired) electrons. The maximum atomic E-state index is 12.5. The Kier molecular flexibility index (Phi) is 4.79. The molecule has 1 saturated heterocycles. The molecule has 1 aliphatic carbocycles. The smallest absolute Gasteiger partial charge is 0.223 e. The van der Waals surface area contributed by atoms with Crippen molar-refractivity contribution in [1.82, 2.24) is 4.90 Å². The Bertz CT molecular complexity index is 598. The first-order valence-electron chi connectivity index (χ1n) is 8.41. The van der Waals surface area contributed by atoms with Crippen molar-refractivity contribution in [3.05, 3.63) is 42.0 Å². The van der Waals surface area contributed by atoms with Crippen molar-refractivity contribution < 1.29 is 14.7 Å². The number of piperidine rings is 1. The van der Waals surface area contributed by atoms with Crippen LogP contribution in [0.2, 0.25) is 0 Å². The predicted molar refractivity (Wildman–Crippen MR) is 88.2 cm³/mol. The zero-order chi connectivity index (χ0) is 16.2. The van der Waals surface area contributed by atoms with E-state index in [1.165, 1.54) is 0 Å². The number of carbonyl (C=O) groups excluding carboxylic acids is 2. The molecule has 1 aliphatic heterocycles. The second-order valence-electron chi connectivity index (χ2n) is 6.54. The molecule has 23 heavy (non-hydrogen) atoms. The Labute approximate surface area is 136 Å². The number of aromatic hydroxyl groups is 1. The molecular formula is C19H23NO3. The van der Waals surface area contributed by atoms with Crippen molar-refractivity contribution in [3.8, 4) is 5.75 Å². The fraction of sp³-hybridized carbons (Fsp3) is 0.474. The summed E-state index contributed by atoms with van der Waals surface area (Å²) in [7, 11) is 0. The van der Waals surface area contributed by atoms with Gasteiger partial charge in [-0.1, -0.05) is 12.2 Å². The highest BCUT2D eigenvalue weighted by molar-refractivity contribution is 5.98. The molecule has 0 saturated carbocycles. The van der Waals surface area contributed by atoms with Crippen LogP contribution in [0.4, 0.5) is 0 Å². The van der Waals surface area contributed by atoms with Gasteiger partial charge in [-0.3, -0.25) is 9.59 Å². The van der Waals surface area contributed by atoms with Crippen molar-refractivity contribution in [2.45, 2.75) is 32.1 Å². The number of amides is 1. The third-order valence-electron chi connectivity index (χ3n) is 4.92. The number of hydrogen-bond donors (Lipinski definition) is 1. The Balaban J connectivity index is 1.51. The lowest BCUT2D eigenvalue weighted by Gasteiger charge is -2.32. The molecule has 0 spiro atoms. The van der Waals surface area contributed by atoms with E-state index in [4.69, 9.17) is 0 Å². The molecule has 0 bridgehead atoms. The average Bonchev–Trinajstić information content (AvgIpc) is 3.08. The normalized spacial score (nSPS) is 21.6. The number of benzene rings is 1. The van der Waals surface area contributed by atoms with Gasteiger partial charge in [0.2, 0.25) is 5.91 Å². The number of phenolic OH excluding ortho intramolecular Hbond substituents is 1. The van der Waals surface area contributed by atoms with Gasteiger partial charge in [0.1, 0.15) is 5.75 Å². The highest BCUT2D eigenvalue weighted by Crippen LogP contribution is 2.25. The first-order valence-corrected chi connectivity index (χ1v) is 8.41. The van der Waals surface area contributed by atoms with E-state index in [1.807, 2.05) is 4.90 Å². The number of carbonyl (C=O) groups is 2. The minimum atomic E-state index is -0.0185. The monoisotopic (exact) mass is 313 g/mol. The summed E-state index contributed by atoms with van der Waals surface area (Å²) >= 11 is 0. The lowest BCUT2D eigenvalue weighted by atomic mass is 9.88. The van der Waals surface area contributed by atoms with Crippen molar-refractivity contribution >= 4 is 11.7 Å². The Morgan fingerprint density at radius 3 is 2.39 bits per heavy atom. The maximum absolute atomic E-state index is 12.5. The lowest BCUT2D eigenvalue weighted by molar-refractivity contribution is -0.133. The first kappa shape index (κ1) is 15.8. The Hall–Kier alpha value is -2.10. The standard InChI is InChI=1S/C19H23NO3/c21-17-7-5-15(6-8-17)19(23)16-9-11-20(12-10-16)18(22)13-14-3-1-2-4-14/h1,3,5-8,14,16,21H,2,4,9-13H2. The molecule has 4 nitrogen and oxygen atoms in total. The largest absolute Gasteiger partial charge is 0.508 e. The molecule has 1 atom stereocenters. The molecule has 1 aromatic carbocycles. The van der Waals surface area contributed by atoms with Gasteiger partial charge in [0, 0.05) is 31.0 Å². The number of Topliss-reactive ketones (excluding diaryl/α,β-unsaturated/α-hetero) is 1. The van der Waals surface area contributed by atoms with E-state index < -0.39 is 0 Å². The molecule has 122 valence electrons. The summed E-state index contributed by atoms with van der Waals surface area (Å²) in [5.74, 6) is 0.893. The third kappa shape index (κ3) is 3.81. The summed E-state index contributed by atoms with van der Waals surface area (Å²) in [6.07, 6.45) is 8.53. The summed E-state index contributed by atoms with van der Waals surface area (Å²) in [5, 5.41) is 9.30. The number of hydrogen-bond acceptors (Lipinski definition) is 3. The van der Waals surface area contributed by atoms with E-state index in [9.17, 15) is 14.7 Å². The van der Waals surface area contributed by atoms with Gasteiger partial charge in [-0.2, -0.15) is 0 Å². The van der Waals surface area contributed by atoms with Gasteiger partial charge < -0.3 is 10.0 Å². The predicted octanol–water partition coefficient (Wildman–Crippen LogP) is 3.17. The van der Waals surface area contributed by atoms with Crippen molar-refractivity contribution in [3.63, 3.8) is 0 Å². The highest BCUT2D eigenvalue weighted by atomic mass is 16.3. The van der Waals surface area contributed by atoms with Gasteiger partial charge >= 0.3 is 0 Å². The quantitative estimate of drug-likeness (QED) is 0.686. The van der Waals surface area contributed by atoms with Crippen LogP contribution in [0.3, 0.4) is 0 Å². The number of likely N-dealkylation sites (tertiary alicyclic amines) is 1. The summed E-state index contributed by atoms with van der Waals surface area (Å²) in [4.78, 5) is 26.7. The molecule has 4 heteroatoms. The summed E-state index contributed by atoms with van der Waals surface area (Å²) in [5.41, 5.74) is 0.642. The van der Waals surface area contributed by atoms with Gasteiger partial charge in [-0.05, 0) is 55.9 Å². The lowest BCUT2D eigenvalue weighted by Crippen LogP contribution is -2.40. The molecule has 1 N–H and O–H groups in total. The number of rotatable bonds is 4. The van der Waals surface area contributed by atoms with E-state index >= 15 is 0 Å². The number of phenols is 1. The number of allylic oxidation sites excluding steroid dienone is 2. The van der Waals surface area contributed by atoms with Crippen LogP contribution in [0.1, 0.15) is 42.5 Å². The fourth-order valence-corrected chi connectivity index (χ4v) is 3.47. The first-order chi connectivity index (χ1) is 11.1. The van der Waals surface area contributed by atoms with Crippen LogP contribution in [0, 0.1) is 11.8 Å². The Morgan fingerprint density at radius 2 is 1.78 bits per heavy atom. The average molecular weight is 313 g/mol. The van der Waals surface area contributed by atoms with Gasteiger partial charge in [-0.25, -0.2) is 0 Å². The summed E-state index contributed by atoms with van der Waals surface area (Å²) in [6.45, 7) is 1.34. The highest BCUT2D eigenvalue weighted by Gasteiger charge is 2.28. The van der Waals surface area contributed by atoms with E-state index in [-0.39, 0.29) is 23.4 Å². The maximum Gasteiger partial charge on any atom is 0.223 e. The van der Waals surface area contributed by atoms with E-state index in [0.717, 1.165) is 25.7 Å². The molecule has 1 unspecified atom stereocenters. The van der Waals surface area contributed by atoms with Crippen LogP contribution in [-0.4, -0.2) is 34.8 Å². The van der Waals surface area contributed by atoms with Crippen LogP contribution in [0.25, 0.3) is 0 Å². The minimum absolute atomic E-state index is 0.0185. The van der Waals surface area contributed by atoms with Crippen molar-refractivity contribution in [2.24, 2.45) is 11.8 Å². The molecule has 1 fully saturated rings. The van der Waals surface area contributed by atoms with Crippen molar-refractivity contribution in [2.75, 3.05) is 13.1 Å². The van der Waals surface area contributed by atoms with Gasteiger partial charge in [0.15, 0.2) is 5.78 Å². The second-order valence-corrected chi connectivity index (χ2v) is 6.54. The molecule has 2 aliphatic rings. The van der Waals surface area contributed by atoms with Crippen LogP contribution >= 0.6 is 0 Å². The van der Waals surface area contributed by atoms with E-state index in [1.54, 1.807) is 24.3 Å². The SMILES string of the molecule is O=C(c1ccc(O)cc1)C1CCN(C(=O)CC2C=CCC2)CC1. The minimum Gasteiger partial charge on any atom is -0.508 e. The van der Waals surface area contributed by atoms with Crippen LogP contribution in [0.5, 0.6) is 5.75 Å². The fourth-order valence-electron chi connectivity index (χ4n) is 3.47. The topological polar surface area (TPSA) is 57.6 Å². The molecular weight excluding hydrogens is 290 g/mol. The van der Waals surface area contributed by atoms with Crippen LogP contribution < -0.4 is 0 Å². The van der Waals surface area contributed by atoms with Crippen molar-refractivity contribution in [1.29, 1.82) is 0 Å².